The lowest BCUT2D eigenvalue weighted by Crippen LogP contribution is -2.60. The Bertz CT molecular complexity index is 1410. The van der Waals surface area contributed by atoms with E-state index in [9.17, 15) is 28.0 Å². The Morgan fingerprint density at radius 2 is 1.89 bits per heavy atom. The number of amides is 4. The maximum absolute atomic E-state index is 15.2. The van der Waals surface area contributed by atoms with Gasteiger partial charge in [0.05, 0.1) is 19.8 Å². The molecule has 14 heteroatoms. The van der Waals surface area contributed by atoms with Crippen LogP contribution in [0.2, 0.25) is 0 Å². The van der Waals surface area contributed by atoms with Crippen LogP contribution in [0.15, 0.2) is 12.1 Å². The summed E-state index contributed by atoms with van der Waals surface area (Å²) in [5.41, 5.74) is -2.71. The number of benzene rings is 1. The highest BCUT2D eigenvalue weighted by atomic mass is 19.1. The second-order valence-corrected chi connectivity index (χ2v) is 13.8. The van der Waals surface area contributed by atoms with E-state index in [0.717, 1.165) is 6.07 Å². The number of nitrogens with zero attached hydrogens (tertiary/aromatic N) is 2. The molecular formula is C30H38F3N5O6. The largest absolute Gasteiger partial charge is 0.473 e. The summed E-state index contributed by atoms with van der Waals surface area (Å²) in [4.78, 5) is 57.4. The fourth-order valence-electron chi connectivity index (χ4n) is 8.25. The molecule has 1 aromatic carbocycles. The maximum Gasteiger partial charge on any atom is 0.407 e. The minimum absolute atomic E-state index is 0.0218. The van der Waals surface area contributed by atoms with Crippen LogP contribution in [-0.2, 0) is 19.1 Å². The van der Waals surface area contributed by atoms with Crippen LogP contribution in [-0.4, -0.2) is 90.9 Å². The molecule has 3 N–H and O–H groups in total. The molecule has 11 nitrogen and oxygen atoms in total. The first-order valence-electron chi connectivity index (χ1n) is 15.0. The Morgan fingerprint density at radius 3 is 2.55 bits per heavy atom. The number of ether oxygens (including phenoxy) is 2. The van der Waals surface area contributed by atoms with Gasteiger partial charge in [-0.3, -0.25) is 14.4 Å². The molecule has 9 atom stereocenters. The Labute approximate surface area is 253 Å². The first-order valence-corrected chi connectivity index (χ1v) is 15.0. The quantitative estimate of drug-likeness (QED) is 0.471. The second-order valence-electron chi connectivity index (χ2n) is 13.8. The Kier molecular flexibility index (Phi) is 7.29. The fraction of sp³-hybridized carbons (Fsp3) is 0.667. The lowest BCUT2D eigenvalue weighted by Gasteiger charge is -2.39. The molecule has 6 rings (SSSR count). The van der Waals surface area contributed by atoms with Gasteiger partial charge >= 0.3 is 6.09 Å². The number of hydrogen-bond acceptors (Lipinski definition) is 7. The number of anilines is 1. The molecule has 3 aliphatic heterocycles. The van der Waals surface area contributed by atoms with E-state index >= 15 is 4.39 Å². The highest BCUT2D eigenvalue weighted by molar-refractivity contribution is 6.02. The molecule has 0 radical (unpaired) electrons. The van der Waals surface area contributed by atoms with E-state index < -0.39 is 82.7 Å². The molecule has 0 unspecified atom stereocenters. The van der Waals surface area contributed by atoms with E-state index in [-0.39, 0.29) is 42.8 Å². The van der Waals surface area contributed by atoms with Gasteiger partial charge in [0.1, 0.15) is 29.8 Å². The molecule has 2 saturated heterocycles. The molecule has 3 heterocycles. The van der Waals surface area contributed by atoms with Crippen LogP contribution in [0.3, 0.4) is 0 Å². The van der Waals surface area contributed by atoms with Crippen molar-refractivity contribution in [2.75, 3.05) is 32.6 Å². The molecule has 4 fully saturated rings. The number of alkyl halides is 1. The smallest absolute Gasteiger partial charge is 0.407 e. The van der Waals surface area contributed by atoms with E-state index in [1.165, 1.54) is 16.9 Å². The summed E-state index contributed by atoms with van der Waals surface area (Å²) in [6, 6.07) is -0.485. The molecule has 44 heavy (non-hydrogen) atoms. The van der Waals surface area contributed by atoms with Crippen molar-refractivity contribution in [3.63, 3.8) is 0 Å². The summed E-state index contributed by atoms with van der Waals surface area (Å²) in [7, 11) is 2.79. The van der Waals surface area contributed by atoms with Gasteiger partial charge < -0.3 is 35.2 Å². The van der Waals surface area contributed by atoms with Crippen LogP contribution in [0.1, 0.15) is 40.0 Å². The summed E-state index contributed by atoms with van der Waals surface area (Å²) in [5, 5.41) is 8.12. The highest BCUT2D eigenvalue weighted by Crippen LogP contribution is 2.59. The van der Waals surface area contributed by atoms with Crippen LogP contribution >= 0.6 is 0 Å². The maximum atomic E-state index is 15.2. The van der Waals surface area contributed by atoms with Gasteiger partial charge in [0.25, 0.3) is 5.91 Å². The fourth-order valence-corrected chi connectivity index (χ4v) is 8.25. The third-order valence-corrected chi connectivity index (χ3v) is 10.3. The minimum Gasteiger partial charge on any atom is -0.473 e. The molecule has 1 aromatic rings. The lowest BCUT2D eigenvalue weighted by atomic mass is 9.77. The average Bonchev–Trinajstić information content (AvgIpc) is 3.71. The van der Waals surface area contributed by atoms with Gasteiger partial charge in [-0.25, -0.2) is 18.0 Å². The molecule has 4 amide bonds. The zero-order valence-corrected chi connectivity index (χ0v) is 25.3. The first-order chi connectivity index (χ1) is 20.7. The molecule has 1 spiro atoms. The lowest BCUT2D eigenvalue weighted by molar-refractivity contribution is -0.149. The van der Waals surface area contributed by atoms with Crippen molar-refractivity contribution in [2.24, 2.45) is 29.1 Å². The zero-order valence-electron chi connectivity index (χ0n) is 25.3. The highest BCUT2D eigenvalue weighted by Gasteiger charge is 2.65. The van der Waals surface area contributed by atoms with Crippen molar-refractivity contribution >= 4 is 29.5 Å². The van der Waals surface area contributed by atoms with Gasteiger partial charge in [-0.05, 0) is 49.0 Å². The van der Waals surface area contributed by atoms with Crippen molar-refractivity contribution in [3.05, 3.63) is 23.8 Å². The number of likely N-dealkylation sites (tertiary alicyclic amines) is 2. The number of halogens is 3. The molecular weight excluding hydrogens is 583 g/mol. The van der Waals surface area contributed by atoms with Crippen molar-refractivity contribution < 1.29 is 41.8 Å². The summed E-state index contributed by atoms with van der Waals surface area (Å²) in [5.74, 6) is -4.66. The second kappa shape index (κ2) is 10.5. The van der Waals surface area contributed by atoms with Crippen LogP contribution in [0.25, 0.3) is 0 Å². The average molecular weight is 622 g/mol. The molecule has 5 aliphatic rings. The predicted octanol–water partition coefficient (Wildman–Crippen LogP) is 2.40. The van der Waals surface area contributed by atoms with Crippen LogP contribution < -0.4 is 20.7 Å². The van der Waals surface area contributed by atoms with Gasteiger partial charge in [0.2, 0.25) is 17.4 Å². The van der Waals surface area contributed by atoms with Gasteiger partial charge in [-0.1, -0.05) is 20.8 Å². The third-order valence-electron chi connectivity index (χ3n) is 10.3. The van der Waals surface area contributed by atoms with Crippen molar-refractivity contribution in [1.82, 2.24) is 20.4 Å². The number of carbonyl (C=O) groups is 4. The Hall–Kier alpha value is -3.55. The normalized spacial score (nSPS) is 34.4. The third kappa shape index (κ3) is 4.67. The van der Waals surface area contributed by atoms with Gasteiger partial charge in [0, 0.05) is 25.1 Å². The van der Waals surface area contributed by atoms with E-state index in [1.54, 1.807) is 27.8 Å². The topological polar surface area (TPSA) is 129 Å². The Morgan fingerprint density at radius 1 is 1.16 bits per heavy atom. The number of hydrogen-bond donors (Lipinski definition) is 3. The summed E-state index contributed by atoms with van der Waals surface area (Å²) >= 11 is 0. The van der Waals surface area contributed by atoms with Crippen molar-refractivity contribution in [1.29, 1.82) is 0 Å². The number of alkyl carbamates (subject to hydrolysis) is 1. The van der Waals surface area contributed by atoms with E-state index in [0.29, 0.717) is 18.9 Å². The Balaban J connectivity index is 1.35. The number of rotatable bonds is 4. The van der Waals surface area contributed by atoms with Gasteiger partial charge in [-0.2, -0.15) is 0 Å². The number of nitrogens with one attached hydrogen (secondary N) is 3. The summed E-state index contributed by atoms with van der Waals surface area (Å²) < 4.78 is 54.4. The molecule has 0 aromatic heterocycles. The van der Waals surface area contributed by atoms with Crippen LogP contribution in [0.5, 0.6) is 5.75 Å². The van der Waals surface area contributed by atoms with E-state index in [2.05, 4.69) is 16.0 Å². The first kappa shape index (κ1) is 30.5. The molecule has 240 valence electrons. The number of fused-ring (bicyclic) bond motifs is 6. The summed E-state index contributed by atoms with van der Waals surface area (Å²) in [6.45, 7) is 5.31. The standard InChI is InChI=1S/C30H38F3N5O6/c1-29(2,3)24(36-28(42)43-5)26(40)37-11-16-13-6-15(17(32)7-13)21(16)23(37)25(39)38-12-30(10-20(38)34-4)27(41)35-22-18(33)8-14(31)9-19(22)44-30/h8-9,13,15-17,20-21,23-24,34H,6-7,10-12H2,1-5H3,(H,35,41)(H,36,42)/t13-,15+,16+,17+,20-,21-,23-,24+,30+/m0/s1. The predicted molar refractivity (Wildman–Crippen MR) is 150 cm³/mol. The van der Waals surface area contributed by atoms with Gasteiger partial charge in [0.15, 0.2) is 11.6 Å². The monoisotopic (exact) mass is 621 g/mol. The van der Waals surface area contributed by atoms with Crippen molar-refractivity contribution in [2.45, 2.75) is 70.1 Å². The van der Waals surface area contributed by atoms with Crippen LogP contribution in [0.4, 0.5) is 23.7 Å². The molecule has 2 bridgehead atoms. The minimum atomic E-state index is -1.67. The number of carbonyl (C=O) groups excluding carboxylic acids is 4. The van der Waals surface area contributed by atoms with Crippen LogP contribution in [0, 0.1) is 40.7 Å². The SMILES string of the molecule is CN[C@@H]1C[C@]2(CN1C(=O)[C@@H]1[C@@H]3[C@H](CN1C(=O)[C@@H](NC(=O)OC)C(C)(C)C)[C@H]1C[C@@H]3[C@H](F)C1)Oc1cc(F)cc(F)c1NC2=O. The summed E-state index contributed by atoms with van der Waals surface area (Å²) in [6.07, 6.45) is -1.67. The molecule has 2 saturated carbocycles. The zero-order chi connectivity index (χ0) is 31.9. The van der Waals surface area contributed by atoms with Gasteiger partial charge in [-0.15, -0.1) is 0 Å². The molecule has 2 aliphatic carbocycles. The van der Waals surface area contributed by atoms with Crippen molar-refractivity contribution in [3.8, 4) is 5.75 Å². The van der Waals surface area contributed by atoms with E-state index in [4.69, 9.17) is 9.47 Å². The van der Waals surface area contributed by atoms with E-state index in [1.807, 2.05) is 0 Å². The number of methoxy groups -OCH3 is 1.